The Hall–Kier alpha value is -2.28. The average molecular weight is 329 g/mol. The van der Waals surface area contributed by atoms with E-state index < -0.39 is 5.41 Å². The molecule has 1 aromatic heterocycles. The molecule has 2 aliphatic rings. The highest BCUT2D eigenvalue weighted by Gasteiger charge is 2.44. The molecule has 0 radical (unpaired) electrons. The number of amides is 1. The Bertz CT molecular complexity index is 768. The third kappa shape index (κ3) is 2.58. The number of rotatable bonds is 5. The van der Waals surface area contributed by atoms with E-state index in [1.165, 1.54) is 6.07 Å². The van der Waals surface area contributed by atoms with Gasteiger partial charge in [-0.25, -0.2) is 4.39 Å². The minimum absolute atomic E-state index is 0.0557. The van der Waals surface area contributed by atoms with Crippen molar-refractivity contribution < 1.29 is 9.18 Å². The minimum Gasteiger partial charge on any atom is -0.348 e. The van der Waals surface area contributed by atoms with Gasteiger partial charge in [-0.1, -0.05) is 18.2 Å². The maximum absolute atomic E-state index is 13.9. The minimum atomic E-state index is -0.587. The molecule has 2 N–H and O–H groups in total. The number of benzene rings is 1. The van der Waals surface area contributed by atoms with Crippen LogP contribution in [0.2, 0.25) is 0 Å². The molecular weight excluding hydrogens is 309 g/mol. The summed E-state index contributed by atoms with van der Waals surface area (Å²) in [6.45, 7) is 2.40. The number of halogens is 1. The molecular formula is C17H20FN5O. The van der Waals surface area contributed by atoms with Crippen LogP contribution in [0.5, 0.6) is 0 Å². The van der Waals surface area contributed by atoms with Gasteiger partial charge in [0.25, 0.3) is 0 Å². The number of nitrogens with zero attached hydrogens (tertiary/aromatic N) is 3. The summed E-state index contributed by atoms with van der Waals surface area (Å²) in [6.07, 6.45) is 2.42. The van der Waals surface area contributed by atoms with Gasteiger partial charge in [0.15, 0.2) is 5.82 Å². The summed E-state index contributed by atoms with van der Waals surface area (Å²) in [4.78, 5) is 12.7. The van der Waals surface area contributed by atoms with Crippen molar-refractivity contribution in [2.45, 2.75) is 32.4 Å². The Morgan fingerprint density at radius 2 is 2.17 bits per heavy atom. The second kappa shape index (κ2) is 5.98. The summed E-state index contributed by atoms with van der Waals surface area (Å²) in [5, 5.41) is 14.4. The van der Waals surface area contributed by atoms with Crippen molar-refractivity contribution in [3.63, 3.8) is 0 Å². The first-order chi connectivity index (χ1) is 11.7. The molecule has 1 saturated heterocycles. The van der Waals surface area contributed by atoms with Crippen LogP contribution in [0, 0.1) is 11.2 Å². The van der Waals surface area contributed by atoms with Gasteiger partial charge in [-0.2, -0.15) is 0 Å². The fraction of sp³-hybridized carbons (Fsp3) is 0.471. The number of hydrogen-bond acceptors (Lipinski definition) is 4. The number of carbonyl (C=O) groups is 1. The van der Waals surface area contributed by atoms with Crippen molar-refractivity contribution in [2.75, 3.05) is 13.1 Å². The van der Waals surface area contributed by atoms with Gasteiger partial charge in [0.2, 0.25) is 5.91 Å². The molecule has 3 heterocycles. The van der Waals surface area contributed by atoms with Crippen LogP contribution in [0.25, 0.3) is 0 Å². The third-order valence-electron chi connectivity index (χ3n) is 4.99. The van der Waals surface area contributed by atoms with Gasteiger partial charge in [-0.3, -0.25) is 4.79 Å². The van der Waals surface area contributed by atoms with Crippen molar-refractivity contribution in [3.8, 4) is 0 Å². The molecule has 1 aromatic carbocycles. The fourth-order valence-electron chi connectivity index (χ4n) is 3.49. The fourth-order valence-corrected chi connectivity index (χ4v) is 3.49. The van der Waals surface area contributed by atoms with Gasteiger partial charge in [0, 0.05) is 26.1 Å². The topological polar surface area (TPSA) is 71.8 Å². The molecule has 0 unspecified atom stereocenters. The van der Waals surface area contributed by atoms with Crippen molar-refractivity contribution in [2.24, 2.45) is 5.41 Å². The lowest BCUT2D eigenvalue weighted by Crippen LogP contribution is -2.62. The van der Waals surface area contributed by atoms with E-state index in [1.54, 1.807) is 18.2 Å². The Labute approximate surface area is 139 Å². The summed E-state index contributed by atoms with van der Waals surface area (Å²) >= 11 is 0. The zero-order chi connectivity index (χ0) is 16.6. The van der Waals surface area contributed by atoms with Crippen LogP contribution in [-0.4, -0.2) is 33.8 Å². The molecule has 2 aliphatic heterocycles. The van der Waals surface area contributed by atoms with E-state index in [4.69, 9.17) is 0 Å². The Balaban J connectivity index is 1.45. The molecule has 24 heavy (non-hydrogen) atoms. The van der Waals surface area contributed by atoms with Crippen molar-refractivity contribution in [1.29, 1.82) is 0 Å². The van der Waals surface area contributed by atoms with E-state index in [2.05, 4.69) is 25.4 Å². The van der Waals surface area contributed by atoms with Gasteiger partial charge >= 0.3 is 0 Å². The van der Waals surface area contributed by atoms with Crippen LogP contribution >= 0.6 is 0 Å². The van der Waals surface area contributed by atoms with E-state index in [0.29, 0.717) is 31.6 Å². The lowest BCUT2D eigenvalue weighted by molar-refractivity contribution is -0.134. The quantitative estimate of drug-likeness (QED) is 0.852. The number of aryl methyl sites for hydroxylation is 1. The van der Waals surface area contributed by atoms with Crippen LogP contribution < -0.4 is 10.6 Å². The van der Waals surface area contributed by atoms with Gasteiger partial charge in [0.1, 0.15) is 11.6 Å². The summed E-state index contributed by atoms with van der Waals surface area (Å²) in [7, 11) is 0. The summed E-state index contributed by atoms with van der Waals surface area (Å²) < 4.78 is 16.0. The molecule has 126 valence electrons. The largest absolute Gasteiger partial charge is 0.348 e. The van der Waals surface area contributed by atoms with Crippen LogP contribution in [-0.2, 0) is 30.7 Å². The Kier molecular flexibility index (Phi) is 3.80. The van der Waals surface area contributed by atoms with E-state index >= 15 is 0 Å². The average Bonchev–Trinajstić information content (AvgIpc) is 3.14. The lowest BCUT2D eigenvalue weighted by atomic mass is 9.75. The molecule has 1 amide bonds. The number of carbonyl (C=O) groups excluding carboxylic acids is 1. The van der Waals surface area contributed by atoms with Gasteiger partial charge in [-0.15, -0.1) is 10.2 Å². The number of nitrogens with one attached hydrogen (secondary N) is 2. The first-order valence-corrected chi connectivity index (χ1v) is 8.31. The smallest absolute Gasteiger partial charge is 0.229 e. The van der Waals surface area contributed by atoms with Crippen molar-refractivity contribution in [3.05, 3.63) is 47.3 Å². The van der Waals surface area contributed by atoms with Crippen LogP contribution in [0.4, 0.5) is 4.39 Å². The van der Waals surface area contributed by atoms with E-state index in [9.17, 15) is 9.18 Å². The number of aromatic nitrogens is 3. The molecule has 0 bridgehead atoms. The Morgan fingerprint density at radius 1 is 1.33 bits per heavy atom. The van der Waals surface area contributed by atoms with Crippen LogP contribution in [0.3, 0.4) is 0 Å². The highest BCUT2D eigenvalue weighted by atomic mass is 19.1. The van der Waals surface area contributed by atoms with Crippen molar-refractivity contribution >= 4 is 5.91 Å². The summed E-state index contributed by atoms with van der Waals surface area (Å²) in [6, 6.07) is 6.65. The van der Waals surface area contributed by atoms with E-state index in [-0.39, 0.29) is 11.7 Å². The normalized spacial score (nSPS) is 18.0. The molecule has 0 saturated carbocycles. The van der Waals surface area contributed by atoms with Crippen molar-refractivity contribution in [1.82, 2.24) is 25.4 Å². The second-order valence-electron chi connectivity index (χ2n) is 6.62. The maximum Gasteiger partial charge on any atom is 0.229 e. The van der Waals surface area contributed by atoms with E-state index in [0.717, 1.165) is 31.0 Å². The summed E-state index contributed by atoms with van der Waals surface area (Å²) in [5.74, 6) is 1.47. The second-order valence-corrected chi connectivity index (χ2v) is 6.62. The Morgan fingerprint density at radius 3 is 2.92 bits per heavy atom. The number of hydrogen-bond donors (Lipinski definition) is 2. The zero-order valence-electron chi connectivity index (χ0n) is 13.4. The highest BCUT2D eigenvalue weighted by Crippen LogP contribution is 2.29. The zero-order valence-corrected chi connectivity index (χ0v) is 13.4. The maximum atomic E-state index is 13.9. The molecule has 4 rings (SSSR count). The molecule has 1 fully saturated rings. The number of fused-ring (bicyclic) bond motifs is 1. The standard InChI is InChI=1S/C17H20FN5O/c18-13-5-2-1-4-12(13)8-17(10-19-11-17)16(24)20-9-15-22-21-14-6-3-7-23(14)15/h1-2,4-5,19H,3,6-11H2,(H,20,24). The lowest BCUT2D eigenvalue weighted by Gasteiger charge is -2.41. The first kappa shape index (κ1) is 15.3. The summed E-state index contributed by atoms with van der Waals surface area (Å²) in [5.41, 5.74) is -0.00621. The first-order valence-electron chi connectivity index (χ1n) is 8.31. The van der Waals surface area contributed by atoms with Gasteiger partial charge in [0.05, 0.1) is 12.0 Å². The molecule has 0 aliphatic carbocycles. The van der Waals surface area contributed by atoms with Crippen LogP contribution in [0.1, 0.15) is 23.6 Å². The van der Waals surface area contributed by atoms with Crippen LogP contribution in [0.15, 0.2) is 24.3 Å². The molecule has 7 heteroatoms. The highest BCUT2D eigenvalue weighted by molar-refractivity contribution is 5.84. The van der Waals surface area contributed by atoms with Gasteiger partial charge in [-0.05, 0) is 24.5 Å². The molecule has 2 aromatic rings. The predicted molar refractivity (Wildman–Crippen MR) is 85.6 cm³/mol. The predicted octanol–water partition coefficient (Wildman–Crippen LogP) is 0.812. The SMILES string of the molecule is O=C(NCc1nnc2n1CCC2)C1(Cc2ccccc2F)CNC1. The van der Waals surface area contributed by atoms with E-state index in [1.807, 2.05) is 0 Å². The van der Waals surface area contributed by atoms with Gasteiger partial charge < -0.3 is 15.2 Å². The molecule has 0 atom stereocenters. The third-order valence-corrected chi connectivity index (χ3v) is 4.99. The molecule has 6 nitrogen and oxygen atoms in total. The molecule has 0 spiro atoms. The monoisotopic (exact) mass is 329 g/mol.